The van der Waals surface area contributed by atoms with Crippen molar-refractivity contribution in [1.29, 1.82) is 0 Å². The Bertz CT molecular complexity index is 583. The number of nitrogens with two attached hydrogens (primary N) is 1. The molecule has 21 heavy (non-hydrogen) atoms. The minimum Gasteiger partial charge on any atom is -0.493 e. The third kappa shape index (κ3) is 3.53. The van der Waals surface area contributed by atoms with Crippen LogP contribution < -0.4 is 20.7 Å². The summed E-state index contributed by atoms with van der Waals surface area (Å²) < 4.78 is 12.6. The fraction of sp³-hybridized carbons (Fsp3) is 0.400. The highest BCUT2D eigenvalue weighted by molar-refractivity contribution is 5.48. The maximum Gasteiger partial charge on any atom is 0.165 e. The van der Waals surface area contributed by atoms with Crippen LogP contribution in [0.15, 0.2) is 30.6 Å². The van der Waals surface area contributed by atoms with Crippen molar-refractivity contribution in [2.75, 3.05) is 14.2 Å². The molecule has 0 amide bonds. The van der Waals surface area contributed by atoms with Gasteiger partial charge in [0.25, 0.3) is 0 Å². The van der Waals surface area contributed by atoms with E-state index in [0.29, 0.717) is 11.5 Å². The molecule has 1 aromatic carbocycles. The number of aromatic nitrogens is 2. The number of aryl methyl sites for hydroxylation is 2. The van der Waals surface area contributed by atoms with E-state index in [4.69, 9.17) is 15.3 Å². The van der Waals surface area contributed by atoms with Crippen LogP contribution in [0, 0.1) is 0 Å². The standard InChI is InChI=1S/C15H22N4O2/c1-19-10-11(9-17-19)7-8-13(18-16)12-5-4-6-14(20-2)15(12)21-3/h4-6,9-10,13,18H,7-8,16H2,1-3H3. The molecule has 0 spiro atoms. The molecule has 114 valence electrons. The van der Waals surface area contributed by atoms with Crippen molar-refractivity contribution >= 4 is 0 Å². The van der Waals surface area contributed by atoms with Gasteiger partial charge in [0, 0.05) is 18.8 Å². The van der Waals surface area contributed by atoms with Crippen LogP contribution in [0.4, 0.5) is 0 Å². The van der Waals surface area contributed by atoms with Gasteiger partial charge in [0.05, 0.1) is 26.5 Å². The average Bonchev–Trinajstić information content (AvgIpc) is 2.93. The number of benzene rings is 1. The lowest BCUT2D eigenvalue weighted by molar-refractivity contribution is 0.345. The highest BCUT2D eigenvalue weighted by atomic mass is 16.5. The second-order valence-corrected chi connectivity index (χ2v) is 4.86. The molecule has 0 bridgehead atoms. The maximum absolute atomic E-state index is 5.72. The number of hydrazine groups is 1. The molecule has 0 aliphatic heterocycles. The fourth-order valence-electron chi connectivity index (χ4n) is 2.43. The van der Waals surface area contributed by atoms with Gasteiger partial charge in [-0.05, 0) is 24.5 Å². The molecule has 0 radical (unpaired) electrons. The van der Waals surface area contributed by atoms with Crippen LogP contribution in [0.25, 0.3) is 0 Å². The summed E-state index contributed by atoms with van der Waals surface area (Å²) in [7, 11) is 5.17. The first kappa shape index (κ1) is 15.3. The number of para-hydroxylation sites is 1. The van der Waals surface area contributed by atoms with Crippen LogP contribution in [-0.4, -0.2) is 24.0 Å². The molecule has 1 atom stereocenters. The normalized spacial score (nSPS) is 12.2. The number of nitrogens with zero attached hydrogens (tertiary/aromatic N) is 2. The quantitative estimate of drug-likeness (QED) is 0.598. The SMILES string of the molecule is COc1cccc(C(CCc2cnn(C)c2)NN)c1OC. The summed E-state index contributed by atoms with van der Waals surface area (Å²) in [5.41, 5.74) is 5.03. The molecule has 6 heteroatoms. The molecular formula is C15H22N4O2. The van der Waals surface area contributed by atoms with E-state index < -0.39 is 0 Å². The smallest absolute Gasteiger partial charge is 0.165 e. The third-order valence-electron chi connectivity index (χ3n) is 3.49. The summed E-state index contributed by atoms with van der Waals surface area (Å²) in [6.07, 6.45) is 5.60. The van der Waals surface area contributed by atoms with Crippen molar-refractivity contribution in [1.82, 2.24) is 15.2 Å². The topological polar surface area (TPSA) is 74.3 Å². The lowest BCUT2D eigenvalue weighted by Gasteiger charge is -2.20. The van der Waals surface area contributed by atoms with E-state index in [1.807, 2.05) is 37.6 Å². The first-order chi connectivity index (χ1) is 10.2. The Morgan fingerprint density at radius 2 is 2.14 bits per heavy atom. The molecule has 2 rings (SSSR count). The van der Waals surface area contributed by atoms with E-state index in [9.17, 15) is 0 Å². The van der Waals surface area contributed by atoms with Gasteiger partial charge in [-0.25, -0.2) is 0 Å². The molecule has 0 fully saturated rings. The second kappa shape index (κ2) is 7.10. The Balaban J connectivity index is 2.17. The van der Waals surface area contributed by atoms with E-state index in [-0.39, 0.29) is 6.04 Å². The van der Waals surface area contributed by atoms with Gasteiger partial charge in [0.2, 0.25) is 0 Å². The molecule has 1 heterocycles. The van der Waals surface area contributed by atoms with Gasteiger partial charge in [-0.3, -0.25) is 16.0 Å². The predicted octanol–water partition coefficient (Wildman–Crippen LogP) is 1.57. The van der Waals surface area contributed by atoms with Gasteiger partial charge in [-0.15, -0.1) is 0 Å². The van der Waals surface area contributed by atoms with Crippen LogP contribution >= 0.6 is 0 Å². The summed E-state index contributed by atoms with van der Waals surface area (Å²) in [5, 5.41) is 4.17. The maximum atomic E-state index is 5.72. The van der Waals surface area contributed by atoms with Crippen molar-refractivity contribution < 1.29 is 9.47 Å². The second-order valence-electron chi connectivity index (χ2n) is 4.86. The van der Waals surface area contributed by atoms with Crippen LogP contribution in [0.3, 0.4) is 0 Å². The van der Waals surface area contributed by atoms with Crippen LogP contribution in [0.2, 0.25) is 0 Å². The molecule has 6 nitrogen and oxygen atoms in total. The van der Waals surface area contributed by atoms with Gasteiger partial charge < -0.3 is 9.47 Å². The Labute approximate surface area is 124 Å². The van der Waals surface area contributed by atoms with E-state index in [1.165, 1.54) is 5.56 Å². The van der Waals surface area contributed by atoms with Crippen molar-refractivity contribution in [3.05, 3.63) is 41.7 Å². The number of hydrogen-bond acceptors (Lipinski definition) is 5. The van der Waals surface area contributed by atoms with Crippen LogP contribution in [-0.2, 0) is 13.5 Å². The zero-order valence-electron chi connectivity index (χ0n) is 12.7. The molecule has 0 saturated heterocycles. The Morgan fingerprint density at radius 1 is 1.33 bits per heavy atom. The van der Waals surface area contributed by atoms with Gasteiger partial charge in [0.15, 0.2) is 11.5 Å². The van der Waals surface area contributed by atoms with E-state index in [0.717, 1.165) is 18.4 Å². The number of ether oxygens (including phenoxy) is 2. The summed E-state index contributed by atoms with van der Waals surface area (Å²) in [6, 6.07) is 5.78. The van der Waals surface area contributed by atoms with Gasteiger partial charge in [-0.1, -0.05) is 12.1 Å². The molecule has 0 aliphatic carbocycles. The van der Waals surface area contributed by atoms with E-state index >= 15 is 0 Å². The fourth-order valence-corrected chi connectivity index (χ4v) is 2.43. The van der Waals surface area contributed by atoms with Gasteiger partial charge in [0.1, 0.15) is 0 Å². The molecule has 2 aromatic rings. The lowest BCUT2D eigenvalue weighted by atomic mass is 9.99. The molecular weight excluding hydrogens is 268 g/mol. The van der Waals surface area contributed by atoms with Crippen LogP contribution in [0.1, 0.15) is 23.6 Å². The number of methoxy groups -OCH3 is 2. The molecule has 0 saturated carbocycles. The molecule has 1 unspecified atom stereocenters. The summed E-state index contributed by atoms with van der Waals surface area (Å²) in [5.74, 6) is 7.14. The minimum absolute atomic E-state index is 0.0183. The number of nitrogens with one attached hydrogen (secondary N) is 1. The minimum atomic E-state index is -0.0183. The van der Waals surface area contributed by atoms with Crippen molar-refractivity contribution in [3.8, 4) is 11.5 Å². The summed E-state index contributed by atoms with van der Waals surface area (Å²) in [6.45, 7) is 0. The lowest BCUT2D eigenvalue weighted by Crippen LogP contribution is -2.28. The first-order valence-corrected chi connectivity index (χ1v) is 6.84. The average molecular weight is 290 g/mol. The van der Waals surface area contributed by atoms with E-state index in [1.54, 1.807) is 18.9 Å². The first-order valence-electron chi connectivity index (χ1n) is 6.84. The molecule has 3 N–H and O–H groups in total. The number of rotatable bonds is 7. The monoisotopic (exact) mass is 290 g/mol. The third-order valence-corrected chi connectivity index (χ3v) is 3.49. The van der Waals surface area contributed by atoms with Gasteiger partial charge in [-0.2, -0.15) is 5.10 Å². The summed E-state index contributed by atoms with van der Waals surface area (Å²) in [4.78, 5) is 0. The molecule has 1 aromatic heterocycles. The highest BCUT2D eigenvalue weighted by Gasteiger charge is 2.18. The van der Waals surface area contributed by atoms with Crippen molar-refractivity contribution in [2.24, 2.45) is 12.9 Å². The predicted molar refractivity (Wildman–Crippen MR) is 81.1 cm³/mol. The van der Waals surface area contributed by atoms with Crippen LogP contribution in [0.5, 0.6) is 11.5 Å². The number of hydrogen-bond donors (Lipinski definition) is 2. The van der Waals surface area contributed by atoms with Gasteiger partial charge >= 0.3 is 0 Å². The van der Waals surface area contributed by atoms with Crippen molar-refractivity contribution in [2.45, 2.75) is 18.9 Å². The van der Waals surface area contributed by atoms with E-state index in [2.05, 4.69) is 10.5 Å². The Morgan fingerprint density at radius 3 is 2.71 bits per heavy atom. The van der Waals surface area contributed by atoms with Crippen molar-refractivity contribution in [3.63, 3.8) is 0 Å². The zero-order valence-corrected chi connectivity index (χ0v) is 12.7. The zero-order chi connectivity index (χ0) is 15.2. The highest BCUT2D eigenvalue weighted by Crippen LogP contribution is 2.35. The largest absolute Gasteiger partial charge is 0.493 e. The summed E-state index contributed by atoms with van der Waals surface area (Å²) >= 11 is 0. The Kier molecular flexibility index (Phi) is 5.19. The Hall–Kier alpha value is -2.05. The molecule has 0 aliphatic rings.